The lowest BCUT2D eigenvalue weighted by atomic mass is 9.87. The van der Waals surface area contributed by atoms with Gasteiger partial charge >= 0.3 is 0 Å². The van der Waals surface area contributed by atoms with Crippen LogP contribution in [0.25, 0.3) is 0 Å². The molecular formula is C18H27ClIN3O. The van der Waals surface area contributed by atoms with Crippen molar-refractivity contribution in [1.82, 2.24) is 10.2 Å². The molecule has 24 heavy (non-hydrogen) atoms. The molecule has 1 N–H and O–H groups in total. The molecule has 6 heteroatoms. The second-order valence-corrected chi connectivity index (χ2v) is 7.02. The fourth-order valence-corrected chi connectivity index (χ4v) is 3.58. The standard InChI is InChI=1S/C18H26ClN3O.HI/c1-2-20-17(21-10-7-15-3-5-16(19)6-4-15)22-11-8-18(13-22)9-12-23-14-18;/h3-6H,2,7-14H2,1H3,(H,20,21);1H. The van der Waals surface area contributed by atoms with Crippen LogP contribution in [0.2, 0.25) is 5.02 Å². The molecule has 2 aliphatic rings. The molecule has 1 unspecified atom stereocenters. The van der Waals surface area contributed by atoms with Crippen molar-refractivity contribution in [3.05, 3.63) is 34.9 Å². The Morgan fingerprint density at radius 1 is 1.33 bits per heavy atom. The third-order valence-corrected chi connectivity index (χ3v) is 5.09. The first-order valence-electron chi connectivity index (χ1n) is 8.56. The van der Waals surface area contributed by atoms with Crippen molar-refractivity contribution in [2.45, 2.75) is 26.2 Å². The van der Waals surface area contributed by atoms with Crippen molar-refractivity contribution in [2.75, 3.05) is 39.4 Å². The Balaban J connectivity index is 0.00000208. The van der Waals surface area contributed by atoms with E-state index in [4.69, 9.17) is 21.3 Å². The highest BCUT2D eigenvalue weighted by Crippen LogP contribution is 2.38. The van der Waals surface area contributed by atoms with Gasteiger partial charge in [0.15, 0.2) is 5.96 Å². The third-order valence-electron chi connectivity index (χ3n) is 4.83. The molecule has 0 aliphatic carbocycles. The molecule has 2 saturated heterocycles. The van der Waals surface area contributed by atoms with Gasteiger partial charge < -0.3 is 15.0 Å². The van der Waals surface area contributed by atoms with Gasteiger partial charge in [-0.3, -0.25) is 4.99 Å². The summed E-state index contributed by atoms with van der Waals surface area (Å²) >= 11 is 5.93. The predicted molar refractivity (Wildman–Crippen MR) is 111 cm³/mol. The fraction of sp³-hybridized carbons (Fsp3) is 0.611. The summed E-state index contributed by atoms with van der Waals surface area (Å²) in [5, 5.41) is 4.22. The van der Waals surface area contributed by atoms with E-state index in [1.165, 1.54) is 18.4 Å². The zero-order valence-corrected chi connectivity index (χ0v) is 17.3. The zero-order chi connectivity index (χ0) is 16.1. The Morgan fingerprint density at radius 3 is 2.79 bits per heavy atom. The second-order valence-electron chi connectivity index (χ2n) is 6.59. The number of ether oxygens (including phenoxy) is 1. The van der Waals surface area contributed by atoms with Crippen LogP contribution in [-0.4, -0.2) is 50.3 Å². The average Bonchev–Trinajstić information content (AvgIpc) is 3.19. The van der Waals surface area contributed by atoms with Crippen molar-refractivity contribution < 1.29 is 4.74 Å². The molecule has 2 fully saturated rings. The van der Waals surface area contributed by atoms with Crippen LogP contribution in [0.5, 0.6) is 0 Å². The number of nitrogens with one attached hydrogen (secondary N) is 1. The van der Waals surface area contributed by atoms with Gasteiger partial charge in [0.25, 0.3) is 0 Å². The summed E-state index contributed by atoms with van der Waals surface area (Å²) in [5.41, 5.74) is 1.64. The molecule has 3 rings (SSSR count). The highest BCUT2D eigenvalue weighted by atomic mass is 127. The van der Waals surface area contributed by atoms with Gasteiger partial charge in [0.1, 0.15) is 0 Å². The summed E-state index contributed by atoms with van der Waals surface area (Å²) < 4.78 is 5.62. The minimum absolute atomic E-state index is 0. The molecule has 2 aliphatic heterocycles. The molecule has 0 saturated carbocycles. The molecule has 1 atom stereocenters. The van der Waals surface area contributed by atoms with E-state index in [-0.39, 0.29) is 24.0 Å². The van der Waals surface area contributed by atoms with Crippen molar-refractivity contribution in [3.63, 3.8) is 0 Å². The normalized spacial score (nSPS) is 23.6. The van der Waals surface area contributed by atoms with E-state index >= 15 is 0 Å². The van der Waals surface area contributed by atoms with E-state index in [2.05, 4.69) is 29.3 Å². The van der Waals surface area contributed by atoms with Gasteiger partial charge in [0.2, 0.25) is 0 Å². The lowest BCUT2D eigenvalue weighted by Crippen LogP contribution is -2.41. The quantitative estimate of drug-likeness (QED) is 0.421. The number of likely N-dealkylation sites (tertiary alicyclic amines) is 1. The highest BCUT2D eigenvalue weighted by Gasteiger charge is 2.42. The topological polar surface area (TPSA) is 36.9 Å². The predicted octanol–water partition coefficient (Wildman–Crippen LogP) is 3.58. The molecule has 0 bridgehead atoms. The first-order valence-corrected chi connectivity index (χ1v) is 8.94. The van der Waals surface area contributed by atoms with Gasteiger partial charge in [-0.2, -0.15) is 0 Å². The molecule has 1 spiro atoms. The molecule has 4 nitrogen and oxygen atoms in total. The Morgan fingerprint density at radius 2 is 2.12 bits per heavy atom. The van der Waals surface area contributed by atoms with Gasteiger partial charge in [0.05, 0.1) is 6.61 Å². The van der Waals surface area contributed by atoms with Crippen molar-refractivity contribution >= 4 is 41.5 Å². The van der Waals surface area contributed by atoms with Crippen molar-refractivity contribution in [3.8, 4) is 0 Å². The smallest absolute Gasteiger partial charge is 0.193 e. The number of hydrogen-bond donors (Lipinski definition) is 1. The van der Waals surface area contributed by atoms with Crippen LogP contribution in [0.1, 0.15) is 25.3 Å². The summed E-state index contributed by atoms with van der Waals surface area (Å²) in [6.07, 6.45) is 3.34. The van der Waals surface area contributed by atoms with Crippen molar-refractivity contribution in [2.24, 2.45) is 10.4 Å². The molecule has 1 aromatic carbocycles. The second kappa shape index (κ2) is 9.25. The van der Waals surface area contributed by atoms with E-state index in [0.717, 1.165) is 56.8 Å². The summed E-state index contributed by atoms with van der Waals surface area (Å²) in [7, 11) is 0. The zero-order valence-electron chi connectivity index (χ0n) is 14.3. The number of nitrogens with zero attached hydrogens (tertiary/aromatic N) is 2. The van der Waals surface area contributed by atoms with Gasteiger partial charge in [-0.25, -0.2) is 0 Å². The molecule has 2 heterocycles. The Kier molecular flexibility index (Phi) is 7.62. The third kappa shape index (κ3) is 4.99. The average molecular weight is 464 g/mol. The maximum atomic E-state index is 5.93. The fourth-order valence-electron chi connectivity index (χ4n) is 3.46. The van der Waals surface area contributed by atoms with Gasteiger partial charge in [-0.1, -0.05) is 23.7 Å². The summed E-state index contributed by atoms with van der Waals surface area (Å²) in [4.78, 5) is 7.23. The number of halogens is 2. The molecule has 0 amide bonds. The summed E-state index contributed by atoms with van der Waals surface area (Å²) in [6, 6.07) is 8.03. The van der Waals surface area contributed by atoms with Crippen LogP contribution in [0.15, 0.2) is 29.3 Å². The minimum atomic E-state index is 0. The maximum absolute atomic E-state index is 5.93. The SMILES string of the molecule is CCNC(=NCCc1ccc(Cl)cc1)N1CCC2(CCOC2)C1.I. The van der Waals surface area contributed by atoms with Crippen molar-refractivity contribution in [1.29, 1.82) is 0 Å². The van der Waals surface area contributed by atoms with E-state index in [0.29, 0.717) is 5.41 Å². The van der Waals surface area contributed by atoms with Gasteiger partial charge in [-0.05, 0) is 43.9 Å². The molecule has 0 aromatic heterocycles. The Labute approximate surface area is 167 Å². The summed E-state index contributed by atoms with van der Waals surface area (Å²) in [5.74, 6) is 1.05. The number of benzene rings is 1. The number of rotatable bonds is 4. The number of aliphatic imine (C=N–C) groups is 1. The Bertz CT molecular complexity index is 544. The van der Waals surface area contributed by atoms with Crippen LogP contribution in [0.3, 0.4) is 0 Å². The van der Waals surface area contributed by atoms with Crippen LogP contribution < -0.4 is 5.32 Å². The monoisotopic (exact) mass is 463 g/mol. The Hall–Kier alpha value is -0.530. The maximum Gasteiger partial charge on any atom is 0.193 e. The van der Waals surface area contributed by atoms with E-state index < -0.39 is 0 Å². The van der Waals surface area contributed by atoms with E-state index in [1.807, 2.05) is 12.1 Å². The first-order chi connectivity index (χ1) is 11.2. The van der Waals surface area contributed by atoms with Gasteiger partial charge in [-0.15, -0.1) is 24.0 Å². The molecule has 0 radical (unpaired) electrons. The lowest BCUT2D eigenvalue weighted by Gasteiger charge is -2.25. The number of hydrogen-bond acceptors (Lipinski definition) is 2. The van der Waals surface area contributed by atoms with Crippen LogP contribution in [-0.2, 0) is 11.2 Å². The van der Waals surface area contributed by atoms with Crippen LogP contribution in [0, 0.1) is 5.41 Å². The van der Waals surface area contributed by atoms with Gasteiger partial charge in [0, 0.05) is 43.2 Å². The lowest BCUT2D eigenvalue weighted by molar-refractivity contribution is 0.156. The molecular weight excluding hydrogens is 437 g/mol. The molecule has 1 aromatic rings. The summed E-state index contributed by atoms with van der Waals surface area (Å²) in [6.45, 7) is 7.80. The first kappa shape index (κ1) is 19.8. The van der Waals surface area contributed by atoms with E-state index in [1.54, 1.807) is 0 Å². The van der Waals surface area contributed by atoms with E-state index in [9.17, 15) is 0 Å². The minimum Gasteiger partial charge on any atom is -0.381 e. The number of guanidine groups is 1. The largest absolute Gasteiger partial charge is 0.381 e. The highest BCUT2D eigenvalue weighted by molar-refractivity contribution is 14.0. The van der Waals surface area contributed by atoms with Crippen LogP contribution >= 0.6 is 35.6 Å². The van der Waals surface area contributed by atoms with Crippen LogP contribution in [0.4, 0.5) is 0 Å². The molecule has 134 valence electrons.